The van der Waals surface area contributed by atoms with Crippen molar-refractivity contribution in [3.63, 3.8) is 0 Å². The van der Waals surface area contributed by atoms with Crippen LogP contribution in [0.25, 0.3) is 0 Å². The third kappa shape index (κ3) is 1.49. The van der Waals surface area contributed by atoms with Crippen molar-refractivity contribution in [2.75, 3.05) is 14.1 Å². The zero-order chi connectivity index (χ0) is 11.3. The SMILES string of the molecule is CN(C)C(=O)C12CCC3C[C@H](C[C@@H](C3)C1)C2. The van der Waals surface area contributed by atoms with Gasteiger partial charge in [-0.2, -0.15) is 0 Å². The highest BCUT2D eigenvalue weighted by molar-refractivity contribution is 5.82. The van der Waals surface area contributed by atoms with Crippen LogP contribution >= 0.6 is 0 Å². The Morgan fingerprint density at radius 1 is 1.06 bits per heavy atom. The van der Waals surface area contributed by atoms with Crippen LogP contribution in [0.4, 0.5) is 0 Å². The normalized spacial score (nSPS) is 45.5. The molecule has 4 saturated carbocycles. The molecule has 4 aliphatic carbocycles. The number of nitrogens with zero attached hydrogens (tertiary/aromatic N) is 1. The number of amides is 1. The van der Waals surface area contributed by atoms with Gasteiger partial charge in [0.1, 0.15) is 0 Å². The average molecular weight is 221 g/mol. The van der Waals surface area contributed by atoms with Gasteiger partial charge in [-0.25, -0.2) is 0 Å². The molecule has 4 rings (SSSR count). The lowest BCUT2D eigenvalue weighted by Crippen LogP contribution is -2.45. The number of hydrogen-bond acceptors (Lipinski definition) is 1. The van der Waals surface area contributed by atoms with Gasteiger partial charge in [-0.1, -0.05) is 0 Å². The molecule has 4 aliphatic rings. The summed E-state index contributed by atoms with van der Waals surface area (Å²) in [6.45, 7) is 0. The predicted molar refractivity (Wildman–Crippen MR) is 63.9 cm³/mol. The van der Waals surface area contributed by atoms with E-state index in [1.165, 1.54) is 44.9 Å². The monoisotopic (exact) mass is 221 g/mol. The first-order valence-electron chi connectivity index (χ1n) is 6.81. The van der Waals surface area contributed by atoms with Crippen LogP contribution in [0.1, 0.15) is 44.9 Å². The summed E-state index contributed by atoms with van der Waals surface area (Å²) in [5.74, 6) is 3.10. The summed E-state index contributed by atoms with van der Waals surface area (Å²) in [7, 11) is 3.85. The van der Waals surface area contributed by atoms with Crippen LogP contribution in [0.3, 0.4) is 0 Å². The summed E-state index contributed by atoms with van der Waals surface area (Å²) in [5.41, 5.74) is 0.0440. The highest BCUT2D eigenvalue weighted by Crippen LogP contribution is 2.57. The number of carbonyl (C=O) groups is 1. The van der Waals surface area contributed by atoms with Gasteiger partial charge in [0, 0.05) is 19.5 Å². The second kappa shape index (κ2) is 3.48. The van der Waals surface area contributed by atoms with Gasteiger partial charge in [0.05, 0.1) is 0 Å². The van der Waals surface area contributed by atoms with Crippen molar-refractivity contribution in [2.24, 2.45) is 23.2 Å². The zero-order valence-corrected chi connectivity index (χ0v) is 10.5. The second-order valence-corrected chi connectivity index (χ2v) is 6.73. The molecular formula is C14H23NO. The van der Waals surface area contributed by atoms with Crippen molar-refractivity contribution in [2.45, 2.75) is 44.9 Å². The van der Waals surface area contributed by atoms with Crippen molar-refractivity contribution < 1.29 is 4.79 Å². The summed E-state index contributed by atoms with van der Waals surface area (Å²) in [4.78, 5) is 14.3. The first-order chi connectivity index (χ1) is 7.59. The Morgan fingerprint density at radius 2 is 1.62 bits per heavy atom. The van der Waals surface area contributed by atoms with E-state index < -0.39 is 0 Å². The van der Waals surface area contributed by atoms with Crippen molar-refractivity contribution in [1.82, 2.24) is 4.90 Å². The van der Waals surface area contributed by atoms with Crippen LogP contribution in [0.15, 0.2) is 0 Å². The summed E-state index contributed by atoms with van der Waals surface area (Å²) >= 11 is 0. The standard InChI is InChI=1S/C14H23NO/c1-15(2)13(16)14-4-3-10-5-11(8-14)7-12(6-10)9-14/h10-12H,3-9H2,1-2H3/t10?,11-,12-,14?/m1/s1. The van der Waals surface area contributed by atoms with Gasteiger partial charge >= 0.3 is 0 Å². The van der Waals surface area contributed by atoms with E-state index in [1.54, 1.807) is 0 Å². The highest BCUT2D eigenvalue weighted by Gasteiger charge is 2.51. The molecule has 4 fully saturated rings. The smallest absolute Gasteiger partial charge is 0.228 e. The van der Waals surface area contributed by atoms with E-state index in [9.17, 15) is 4.79 Å². The summed E-state index contributed by atoms with van der Waals surface area (Å²) in [6.07, 6.45) is 9.11. The van der Waals surface area contributed by atoms with E-state index in [2.05, 4.69) is 0 Å². The van der Waals surface area contributed by atoms with Gasteiger partial charge in [0.25, 0.3) is 0 Å². The summed E-state index contributed by atoms with van der Waals surface area (Å²) in [6, 6.07) is 0. The first kappa shape index (κ1) is 10.6. The molecule has 0 saturated heterocycles. The van der Waals surface area contributed by atoms with Crippen LogP contribution in [0, 0.1) is 23.2 Å². The molecule has 0 spiro atoms. The molecule has 0 unspecified atom stereocenters. The maximum Gasteiger partial charge on any atom is 0.228 e. The molecule has 0 heterocycles. The topological polar surface area (TPSA) is 20.3 Å². The maximum atomic E-state index is 12.5. The van der Waals surface area contributed by atoms with E-state index in [4.69, 9.17) is 0 Å². The van der Waals surface area contributed by atoms with Crippen molar-refractivity contribution in [1.29, 1.82) is 0 Å². The van der Waals surface area contributed by atoms with E-state index >= 15 is 0 Å². The van der Waals surface area contributed by atoms with Crippen LogP contribution in [-0.2, 0) is 4.79 Å². The Kier molecular flexibility index (Phi) is 2.31. The Bertz CT molecular complexity index is 296. The first-order valence-corrected chi connectivity index (χ1v) is 6.81. The lowest BCUT2D eigenvalue weighted by atomic mass is 9.61. The number of rotatable bonds is 1. The van der Waals surface area contributed by atoms with Gasteiger partial charge in [-0.05, 0) is 62.7 Å². The summed E-state index contributed by atoms with van der Waals surface area (Å²) in [5, 5.41) is 0. The molecule has 0 N–H and O–H groups in total. The lowest BCUT2D eigenvalue weighted by Gasteiger charge is -2.45. The molecule has 0 radical (unpaired) electrons. The van der Waals surface area contributed by atoms with E-state index in [-0.39, 0.29) is 5.41 Å². The summed E-state index contributed by atoms with van der Waals surface area (Å²) < 4.78 is 0. The molecular weight excluding hydrogens is 198 g/mol. The van der Waals surface area contributed by atoms with E-state index in [1.807, 2.05) is 19.0 Å². The molecule has 0 aliphatic heterocycles. The zero-order valence-electron chi connectivity index (χ0n) is 10.5. The minimum Gasteiger partial charge on any atom is -0.348 e. The van der Waals surface area contributed by atoms with Gasteiger partial charge in [0.15, 0.2) is 0 Å². The van der Waals surface area contributed by atoms with Crippen molar-refractivity contribution in [3.05, 3.63) is 0 Å². The minimum atomic E-state index is 0.0440. The Labute approximate surface area is 98.4 Å². The van der Waals surface area contributed by atoms with E-state index in [0.29, 0.717) is 5.91 Å². The van der Waals surface area contributed by atoms with Crippen LogP contribution < -0.4 is 0 Å². The molecule has 90 valence electrons. The Morgan fingerprint density at radius 3 is 2.19 bits per heavy atom. The van der Waals surface area contributed by atoms with Gasteiger partial charge in [-0.3, -0.25) is 4.79 Å². The fourth-order valence-corrected chi connectivity index (χ4v) is 4.90. The Hall–Kier alpha value is -0.530. The molecule has 0 aromatic rings. The fraction of sp³-hybridized carbons (Fsp3) is 0.929. The van der Waals surface area contributed by atoms with Gasteiger partial charge in [-0.15, -0.1) is 0 Å². The van der Waals surface area contributed by atoms with Crippen molar-refractivity contribution >= 4 is 5.91 Å². The number of fused-ring (bicyclic) bond motifs is 1. The van der Waals surface area contributed by atoms with Crippen LogP contribution in [-0.4, -0.2) is 24.9 Å². The molecule has 2 nitrogen and oxygen atoms in total. The van der Waals surface area contributed by atoms with Crippen molar-refractivity contribution in [3.8, 4) is 0 Å². The lowest BCUT2D eigenvalue weighted by molar-refractivity contribution is -0.144. The molecule has 0 aromatic heterocycles. The van der Waals surface area contributed by atoms with Crippen LogP contribution in [0.5, 0.6) is 0 Å². The maximum absolute atomic E-state index is 12.5. The minimum absolute atomic E-state index is 0.0440. The second-order valence-electron chi connectivity index (χ2n) is 6.73. The molecule has 2 heteroatoms. The third-order valence-electron chi connectivity index (χ3n) is 5.25. The predicted octanol–water partition coefficient (Wildman–Crippen LogP) is 2.68. The molecule has 4 bridgehead atoms. The molecule has 0 aromatic carbocycles. The average Bonchev–Trinajstić information content (AvgIpc) is 2.43. The fourth-order valence-electron chi connectivity index (χ4n) is 4.90. The Balaban J connectivity index is 1.92. The quantitative estimate of drug-likeness (QED) is 0.666. The molecule has 2 atom stereocenters. The molecule has 1 amide bonds. The third-order valence-corrected chi connectivity index (χ3v) is 5.25. The van der Waals surface area contributed by atoms with Gasteiger partial charge in [0.2, 0.25) is 5.91 Å². The number of hydrogen-bond donors (Lipinski definition) is 0. The highest BCUT2D eigenvalue weighted by atomic mass is 16.2. The molecule has 16 heavy (non-hydrogen) atoms. The van der Waals surface area contributed by atoms with Crippen LogP contribution in [0.2, 0.25) is 0 Å². The van der Waals surface area contributed by atoms with Gasteiger partial charge < -0.3 is 4.90 Å². The number of carbonyl (C=O) groups excluding carboxylic acids is 1. The largest absolute Gasteiger partial charge is 0.348 e. The van der Waals surface area contributed by atoms with E-state index in [0.717, 1.165) is 17.8 Å².